The van der Waals surface area contributed by atoms with Crippen LogP contribution in [0.25, 0.3) is 0 Å². The molecule has 0 unspecified atom stereocenters. The van der Waals surface area contributed by atoms with Crippen molar-refractivity contribution in [3.05, 3.63) is 29.7 Å². The summed E-state index contributed by atoms with van der Waals surface area (Å²) in [6.45, 7) is 7.98. The van der Waals surface area contributed by atoms with Crippen LogP contribution >= 0.6 is 0 Å². The minimum absolute atomic E-state index is 0.338. The Morgan fingerprint density at radius 3 is 2.32 bits per heavy atom. The second-order valence-corrected chi connectivity index (χ2v) is 5.73. The summed E-state index contributed by atoms with van der Waals surface area (Å²) >= 11 is 0. The smallest absolute Gasteiger partial charge is 0.475 e. The first kappa shape index (κ1) is 20.1. The Bertz CT molecular complexity index is 623. The number of aryl methyl sites for hydroxylation is 1. The van der Waals surface area contributed by atoms with Crippen LogP contribution in [0.2, 0.25) is 0 Å². The van der Waals surface area contributed by atoms with Gasteiger partial charge in [0.05, 0.1) is 12.0 Å². The van der Waals surface area contributed by atoms with Crippen LogP contribution in [0.15, 0.2) is 18.3 Å². The Morgan fingerprint density at radius 1 is 1.50 bits per heavy atom. The topological polar surface area (TPSA) is 101 Å². The monoisotopic (exact) mass is 343 g/mol. The van der Waals surface area contributed by atoms with Gasteiger partial charge in [-0.2, -0.15) is 13.2 Å². The van der Waals surface area contributed by atoms with Crippen LogP contribution < -0.4 is 4.72 Å². The lowest BCUT2D eigenvalue weighted by atomic mass is 10.4. The van der Waals surface area contributed by atoms with E-state index >= 15 is 0 Å². The molecule has 1 rings (SSSR count). The Balaban J connectivity index is 0.000000534. The van der Waals surface area contributed by atoms with Crippen LogP contribution in [-0.2, 0) is 21.4 Å². The number of rotatable bonds is 5. The summed E-state index contributed by atoms with van der Waals surface area (Å²) < 4.78 is 58.1. The molecule has 0 aromatic carbocycles. The molecular formula is C11H16F3N3O4S. The third kappa shape index (κ3) is 7.22. The number of aliphatic carboxylic acids is 1. The molecule has 1 aromatic rings. The number of halogens is 3. The lowest BCUT2D eigenvalue weighted by molar-refractivity contribution is -0.192. The van der Waals surface area contributed by atoms with E-state index in [0.29, 0.717) is 13.1 Å². The highest BCUT2D eigenvalue weighted by atomic mass is 32.2. The molecule has 22 heavy (non-hydrogen) atoms. The highest BCUT2D eigenvalue weighted by Crippen LogP contribution is 2.13. The average Bonchev–Trinajstić information content (AvgIpc) is 2.70. The number of nitrogens with one attached hydrogen (secondary N) is 1. The van der Waals surface area contributed by atoms with Gasteiger partial charge in [0.15, 0.2) is 0 Å². The maximum atomic E-state index is 11.0. The van der Waals surface area contributed by atoms with Crippen molar-refractivity contribution in [2.24, 2.45) is 0 Å². The van der Waals surface area contributed by atoms with E-state index in [2.05, 4.69) is 16.3 Å². The number of hydrogen-bond acceptors (Lipinski definition) is 4. The van der Waals surface area contributed by atoms with Crippen LogP contribution in [0.3, 0.4) is 0 Å². The molecule has 1 heterocycles. The fraction of sp³-hybridized carbons (Fsp3) is 0.455. The molecule has 1 aromatic heterocycles. The van der Waals surface area contributed by atoms with E-state index < -0.39 is 22.2 Å². The minimum atomic E-state index is -5.08. The first-order valence-electron chi connectivity index (χ1n) is 5.81. The minimum Gasteiger partial charge on any atom is -0.475 e. The normalized spacial score (nSPS) is 11.5. The van der Waals surface area contributed by atoms with Gasteiger partial charge >= 0.3 is 12.1 Å². The molecular weight excluding hydrogens is 327 g/mol. The predicted molar refractivity (Wildman–Crippen MR) is 72.5 cm³/mol. The summed E-state index contributed by atoms with van der Waals surface area (Å²) in [4.78, 5) is 13.0. The van der Waals surface area contributed by atoms with E-state index in [0.717, 1.165) is 16.8 Å². The number of alkyl halides is 3. The Labute approximate surface area is 125 Å². The van der Waals surface area contributed by atoms with E-state index in [9.17, 15) is 21.6 Å². The zero-order chi connectivity index (χ0) is 17.6. The van der Waals surface area contributed by atoms with Gasteiger partial charge in [-0.1, -0.05) is 6.58 Å². The summed E-state index contributed by atoms with van der Waals surface area (Å²) in [6.07, 6.45) is -3.38. The first-order valence-corrected chi connectivity index (χ1v) is 7.36. The van der Waals surface area contributed by atoms with Gasteiger partial charge in [-0.3, -0.25) is 0 Å². The van der Waals surface area contributed by atoms with Crippen molar-refractivity contribution >= 4 is 16.0 Å². The Kier molecular flexibility index (Phi) is 7.26. The maximum absolute atomic E-state index is 11.0. The second-order valence-electron chi connectivity index (χ2n) is 4.02. The molecule has 0 bridgehead atoms. The van der Waals surface area contributed by atoms with Crippen LogP contribution in [0, 0.1) is 13.8 Å². The van der Waals surface area contributed by atoms with Crippen molar-refractivity contribution in [2.45, 2.75) is 26.6 Å². The van der Waals surface area contributed by atoms with Gasteiger partial charge in [-0.05, 0) is 13.8 Å². The Hall–Kier alpha value is -1.88. The van der Waals surface area contributed by atoms with Crippen molar-refractivity contribution in [2.75, 3.05) is 6.54 Å². The summed E-state index contributed by atoms with van der Waals surface area (Å²) in [6, 6.07) is 0. The van der Waals surface area contributed by atoms with Crippen LogP contribution in [0.5, 0.6) is 0 Å². The molecule has 0 atom stereocenters. The van der Waals surface area contributed by atoms with Gasteiger partial charge < -0.3 is 9.67 Å². The van der Waals surface area contributed by atoms with Gasteiger partial charge in [0.25, 0.3) is 0 Å². The second kappa shape index (κ2) is 7.94. The summed E-state index contributed by atoms with van der Waals surface area (Å²) in [5.41, 5.74) is 2.01. The standard InChI is InChI=1S/C9H15N3O2S.C2HF3O2/c1-4-15(13,14)11-5-6-12-7-10-8(2)9(12)3;3-2(4,5)1(6)7/h4,7,11H,1,5-6H2,2-3H3;(H,6,7). The largest absolute Gasteiger partial charge is 0.490 e. The number of nitrogens with zero attached hydrogens (tertiary/aromatic N) is 2. The number of aromatic nitrogens is 2. The van der Waals surface area contributed by atoms with Crippen LogP contribution in [0.1, 0.15) is 11.4 Å². The van der Waals surface area contributed by atoms with Crippen molar-refractivity contribution in [3.8, 4) is 0 Å². The predicted octanol–water partition coefficient (Wildman–Crippen LogP) is 1.20. The molecule has 0 aliphatic rings. The quantitative estimate of drug-likeness (QED) is 0.836. The van der Waals surface area contributed by atoms with E-state index in [1.807, 2.05) is 18.4 Å². The molecule has 7 nitrogen and oxygen atoms in total. The van der Waals surface area contributed by atoms with E-state index in [1.54, 1.807) is 6.33 Å². The lowest BCUT2D eigenvalue weighted by Gasteiger charge is -2.05. The zero-order valence-corrected chi connectivity index (χ0v) is 12.7. The molecule has 0 saturated heterocycles. The molecule has 0 radical (unpaired) electrons. The number of carbonyl (C=O) groups is 1. The zero-order valence-electron chi connectivity index (χ0n) is 11.9. The number of imidazole rings is 1. The van der Waals surface area contributed by atoms with Gasteiger partial charge in [0.1, 0.15) is 0 Å². The molecule has 0 aliphatic carbocycles. The number of carboxylic acid groups (broad SMARTS) is 1. The van der Waals surface area contributed by atoms with Crippen LogP contribution in [-0.4, -0.2) is 41.8 Å². The SMILES string of the molecule is C=CS(=O)(=O)NCCn1cnc(C)c1C.O=C(O)C(F)(F)F. The third-order valence-electron chi connectivity index (χ3n) is 2.46. The summed E-state index contributed by atoms with van der Waals surface area (Å²) in [7, 11) is -3.32. The summed E-state index contributed by atoms with van der Waals surface area (Å²) in [5, 5.41) is 8.03. The van der Waals surface area contributed by atoms with Gasteiger partial charge in [0.2, 0.25) is 10.0 Å². The average molecular weight is 343 g/mol. The molecule has 2 N–H and O–H groups in total. The summed E-state index contributed by atoms with van der Waals surface area (Å²) in [5.74, 6) is -2.76. The molecule has 0 aliphatic heterocycles. The van der Waals surface area contributed by atoms with Crippen molar-refractivity contribution in [1.29, 1.82) is 0 Å². The number of hydrogen-bond donors (Lipinski definition) is 2. The molecule has 11 heteroatoms. The third-order valence-corrected chi connectivity index (χ3v) is 3.51. The highest BCUT2D eigenvalue weighted by Gasteiger charge is 2.38. The first-order chi connectivity index (χ1) is 9.90. The van der Waals surface area contributed by atoms with Crippen molar-refractivity contribution in [1.82, 2.24) is 14.3 Å². The molecule has 0 spiro atoms. The molecule has 0 saturated carbocycles. The van der Waals surface area contributed by atoms with Gasteiger partial charge in [-0.25, -0.2) is 22.9 Å². The lowest BCUT2D eigenvalue weighted by Crippen LogP contribution is -2.25. The van der Waals surface area contributed by atoms with Gasteiger partial charge in [0, 0.05) is 24.2 Å². The van der Waals surface area contributed by atoms with E-state index in [-0.39, 0.29) is 0 Å². The fourth-order valence-electron chi connectivity index (χ4n) is 1.14. The maximum Gasteiger partial charge on any atom is 0.490 e. The van der Waals surface area contributed by atoms with Crippen LogP contribution in [0.4, 0.5) is 13.2 Å². The highest BCUT2D eigenvalue weighted by molar-refractivity contribution is 7.92. The molecule has 126 valence electrons. The fourth-order valence-corrected chi connectivity index (χ4v) is 1.63. The van der Waals surface area contributed by atoms with Gasteiger partial charge in [-0.15, -0.1) is 0 Å². The Morgan fingerprint density at radius 2 is 2.00 bits per heavy atom. The van der Waals surface area contributed by atoms with E-state index in [1.165, 1.54) is 0 Å². The number of carboxylic acids is 1. The number of sulfonamides is 1. The molecule has 0 amide bonds. The molecule has 0 fully saturated rings. The van der Waals surface area contributed by atoms with E-state index in [4.69, 9.17) is 9.90 Å². The van der Waals surface area contributed by atoms with Crippen molar-refractivity contribution in [3.63, 3.8) is 0 Å². The van der Waals surface area contributed by atoms with Crippen molar-refractivity contribution < 1.29 is 31.5 Å².